The molecule has 0 saturated carbocycles. The van der Waals surface area contributed by atoms with Gasteiger partial charge in [-0.05, 0) is 24.2 Å². The Morgan fingerprint density at radius 2 is 1.69 bits per heavy atom. The molecule has 0 aliphatic heterocycles. The highest BCUT2D eigenvalue weighted by Gasteiger charge is 2.31. The summed E-state index contributed by atoms with van der Waals surface area (Å²) in [5, 5.41) is 0. The summed E-state index contributed by atoms with van der Waals surface area (Å²) in [4.78, 5) is 0. The maximum atomic E-state index is 12.8. The fourth-order valence-corrected chi connectivity index (χ4v) is 2.04. The van der Waals surface area contributed by atoms with Crippen molar-refractivity contribution in [3.8, 4) is 0 Å². The van der Waals surface area contributed by atoms with Crippen LogP contribution in [0.5, 0.6) is 0 Å². The fraction of sp³-hybridized carbons (Fsp3) is 1.00. The monoisotopic (exact) mass is 189 g/mol. The lowest BCUT2D eigenvalue weighted by Gasteiger charge is -2.34. The van der Waals surface area contributed by atoms with Crippen molar-refractivity contribution in [1.29, 1.82) is 0 Å². The summed E-state index contributed by atoms with van der Waals surface area (Å²) in [7, 11) is 0. The van der Waals surface area contributed by atoms with E-state index in [1.54, 1.807) is 0 Å². The van der Waals surface area contributed by atoms with Crippen molar-refractivity contribution in [3.63, 3.8) is 0 Å². The molecule has 0 spiro atoms. The molecule has 0 radical (unpaired) electrons. The van der Waals surface area contributed by atoms with Gasteiger partial charge in [0.05, 0.1) is 0 Å². The highest BCUT2D eigenvalue weighted by molar-refractivity contribution is 4.88. The van der Waals surface area contributed by atoms with Gasteiger partial charge < -0.3 is 5.73 Å². The highest BCUT2D eigenvalue weighted by Crippen LogP contribution is 2.30. The van der Waals surface area contributed by atoms with Gasteiger partial charge in [-0.3, -0.25) is 0 Å². The summed E-state index contributed by atoms with van der Waals surface area (Å²) in [6.45, 7) is 10.1. The maximum absolute atomic E-state index is 12.8. The summed E-state index contributed by atoms with van der Waals surface area (Å²) in [6, 6.07) is 0. The van der Waals surface area contributed by atoms with Gasteiger partial charge in [0.15, 0.2) is 0 Å². The van der Waals surface area contributed by atoms with Crippen molar-refractivity contribution >= 4 is 0 Å². The topological polar surface area (TPSA) is 26.0 Å². The van der Waals surface area contributed by atoms with Gasteiger partial charge >= 0.3 is 0 Å². The van der Waals surface area contributed by atoms with Gasteiger partial charge in [-0.2, -0.15) is 0 Å². The molecule has 0 aliphatic rings. The number of alkyl halides is 1. The number of halogens is 1. The fourth-order valence-electron chi connectivity index (χ4n) is 2.04. The first-order valence-electron chi connectivity index (χ1n) is 5.03. The first-order valence-corrected chi connectivity index (χ1v) is 5.03. The van der Waals surface area contributed by atoms with E-state index in [-0.39, 0.29) is 5.41 Å². The van der Waals surface area contributed by atoms with E-state index >= 15 is 0 Å². The first kappa shape index (κ1) is 12.9. The summed E-state index contributed by atoms with van der Waals surface area (Å²) in [5.41, 5.74) is 5.50. The van der Waals surface area contributed by atoms with E-state index in [0.717, 1.165) is 12.8 Å². The van der Waals surface area contributed by atoms with Crippen LogP contribution in [0, 0.1) is 11.3 Å². The zero-order valence-corrected chi connectivity index (χ0v) is 9.65. The minimum Gasteiger partial charge on any atom is -0.323 e. The molecule has 80 valence electrons. The summed E-state index contributed by atoms with van der Waals surface area (Å²) >= 11 is 0. The molecule has 0 fully saturated rings. The van der Waals surface area contributed by atoms with Crippen LogP contribution < -0.4 is 5.73 Å². The minimum atomic E-state index is -0.619. The minimum absolute atomic E-state index is 0.107. The molecule has 1 atom stereocenters. The van der Waals surface area contributed by atoms with Crippen LogP contribution >= 0.6 is 0 Å². The quantitative estimate of drug-likeness (QED) is 0.722. The van der Waals surface area contributed by atoms with Gasteiger partial charge in [-0.15, -0.1) is 0 Å². The molecule has 1 nitrogen and oxygen atoms in total. The molecular formula is C11H24FN. The second-order valence-electron chi connectivity index (χ2n) is 5.83. The predicted molar refractivity (Wildman–Crippen MR) is 56.4 cm³/mol. The molecule has 0 rings (SSSR count). The van der Waals surface area contributed by atoms with E-state index in [2.05, 4.69) is 34.6 Å². The summed E-state index contributed by atoms with van der Waals surface area (Å²) < 4.78 is 12.8. The van der Waals surface area contributed by atoms with Crippen molar-refractivity contribution in [1.82, 2.24) is 0 Å². The van der Waals surface area contributed by atoms with Gasteiger partial charge in [-0.1, -0.05) is 34.6 Å². The summed E-state index contributed by atoms with van der Waals surface area (Å²) in [5.74, 6) is 0.461. The van der Waals surface area contributed by atoms with Gasteiger partial charge in [-0.25, -0.2) is 4.39 Å². The lowest BCUT2D eigenvalue weighted by Crippen LogP contribution is -2.46. The Labute approximate surface area is 81.9 Å². The van der Waals surface area contributed by atoms with Crippen LogP contribution in [0.1, 0.15) is 47.5 Å². The SMILES string of the molecule is CC(C)CC(N)(CF)CC(C)(C)C. The smallest absolute Gasteiger partial charge is 0.107 e. The largest absolute Gasteiger partial charge is 0.323 e. The Hall–Kier alpha value is -0.110. The van der Waals surface area contributed by atoms with E-state index in [0.29, 0.717) is 5.92 Å². The van der Waals surface area contributed by atoms with Crippen molar-refractivity contribution in [2.24, 2.45) is 17.1 Å². The Morgan fingerprint density at radius 1 is 1.23 bits per heavy atom. The molecule has 0 aromatic rings. The molecule has 1 unspecified atom stereocenters. The lowest BCUT2D eigenvalue weighted by atomic mass is 9.77. The number of hydrogen-bond donors (Lipinski definition) is 1. The zero-order valence-electron chi connectivity index (χ0n) is 9.65. The van der Waals surface area contributed by atoms with Gasteiger partial charge in [0.25, 0.3) is 0 Å². The van der Waals surface area contributed by atoms with E-state index < -0.39 is 12.2 Å². The Balaban J connectivity index is 4.28. The van der Waals surface area contributed by atoms with E-state index in [4.69, 9.17) is 5.73 Å². The van der Waals surface area contributed by atoms with Crippen LogP contribution in [0.3, 0.4) is 0 Å². The van der Waals surface area contributed by atoms with E-state index in [9.17, 15) is 4.39 Å². The maximum Gasteiger partial charge on any atom is 0.107 e. The number of rotatable bonds is 4. The van der Waals surface area contributed by atoms with Crippen LogP contribution in [0.25, 0.3) is 0 Å². The molecule has 2 N–H and O–H groups in total. The Bertz CT molecular complexity index is 149. The molecule has 0 saturated heterocycles. The second kappa shape index (κ2) is 4.41. The third-order valence-corrected chi connectivity index (χ3v) is 1.96. The van der Waals surface area contributed by atoms with Crippen LogP contribution in [0.4, 0.5) is 4.39 Å². The first-order chi connectivity index (χ1) is 5.68. The van der Waals surface area contributed by atoms with Crippen LogP contribution in [-0.4, -0.2) is 12.2 Å². The molecule has 2 heteroatoms. The second-order valence-corrected chi connectivity index (χ2v) is 5.83. The molecule has 0 bridgehead atoms. The number of hydrogen-bond acceptors (Lipinski definition) is 1. The molecule has 13 heavy (non-hydrogen) atoms. The molecule has 0 amide bonds. The van der Waals surface area contributed by atoms with Gasteiger partial charge in [0.2, 0.25) is 0 Å². The third kappa shape index (κ3) is 6.03. The van der Waals surface area contributed by atoms with Crippen molar-refractivity contribution < 1.29 is 4.39 Å². The summed E-state index contributed by atoms with van der Waals surface area (Å²) in [6.07, 6.45) is 1.51. The van der Waals surface area contributed by atoms with Gasteiger partial charge in [0.1, 0.15) is 6.67 Å². The average molecular weight is 189 g/mol. The average Bonchev–Trinajstić information content (AvgIpc) is 1.81. The third-order valence-electron chi connectivity index (χ3n) is 1.96. The predicted octanol–water partition coefficient (Wildman–Crippen LogP) is 3.14. The van der Waals surface area contributed by atoms with E-state index in [1.165, 1.54) is 0 Å². The Morgan fingerprint density at radius 3 is 1.92 bits per heavy atom. The standard InChI is InChI=1S/C11H24FN/c1-9(2)6-11(13,8-12)7-10(3,4)5/h9H,6-8,13H2,1-5H3. The molecule has 0 aliphatic carbocycles. The molecule has 0 aromatic carbocycles. The van der Waals surface area contributed by atoms with Crippen LogP contribution in [0.15, 0.2) is 0 Å². The molecule has 0 aromatic heterocycles. The van der Waals surface area contributed by atoms with Gasteiger partial charge in [0, 0.05) is 5.54 Å². The van der Waals surface area contributed by atoms with Crippen molar-refractivity contribution in [2.75, 3.05) is 6.67 Å². The zero-order chi connectivity index (χ0) is 10.7. The molecule has 0 heterocycles. The highest BCUT2D eigenvalue weighted by atomic mass is 19.1. The van der Waals surface area contributed by atoms with Crippen LogP contribution in [0.2, 0.25) is 0 Å². The normalized spacial score (nSPS) is 17.5. The van der Waals surface area contributed by atoms with Crippen LogP contribution in [-0.2, 0) is 0 Å². The van der Waals surface area contributed by atoms with Crippen molar-refractivity contribution in [3.05, 3.63) is 0 Å². The lowest BCUT2D eigenvalue weighted by molar-refractivity contribution is 0.181. The van der Waals surface area contributed by atoms with E-state index in [1.807, 2.05) is 0 Å². The Kier molecular flexibility index (Phi) is 4.37. The number of nitrogens with two attached hydrogens (primary N) is 1. The molecular weight excluding hydrogens is 165 g/mol. The van der Waals surface area contributed by atoms with Crippen molar-refractivity contribution in [2.45, 2.75) is 53.0 Å².